The highest BCUT2D eigenvalue weighted by Gasteiger charge is 2.20. The zero-order chi connectivity index (χ0) is 15.2. The average Bonchev–Trinajstić information content (AvgIpc) is 2.52. The van der Waals surface area contributed by atoms with Crippen LogP contribution in [0, 0.1) is 0 Å². The zero-order valence-electron chi connectivity index (χ0n) is 13.0. The van der Waals surface area contributed by atoms with E-state index in [9.17, 15) is 0 Å². The van der Waals surface area contributed by atoms with Crippen LogP contribution in [0.4, 0.5) is 11.9 Å². The van der Waals surface area contributed by atoms with Crippen molar-refractivity contribution in [3.63, 3.8) is 0 Å². The van der Waals surface area contributed by atoms with E-state index < -0.39 is 0 Å². The molecule has 21 heavy (non-hydrogen) atoms. The summed E-state index contributed by atoms with van der Waals surface area (Å²) in [5.74, 6) is 2.45. The third kappa shape index (κ3) is 4.36. The van der Waals surface area contributed by atoms with E-state index in [0.29, 0.717) is 12.0 Å². The molecular weight excluding hydrogens is 306 g/mol. The van der Waals surface area contributed by atoms with Crippen molar-refractivity contribution in [2.75, 3.05) is 41.9 Å². The van der Waals surface area contributed by atoms with Crippen LogP contribution in [-0.4, -0.2) is 53.1 Å². The molecule has 1 saturated heterocycles. The van der Waals surface area contributed by atoms with Gasteiger partial charge in [0, 0.05) is 31.9 Å². The van der Waals surface area contributed by atoms with Crippen LogP contribution in [0.25, 0.3) is 0 Å². The van der Waals surface area contributed by atoms with Crippen molar-refractivity contribution >= 4 is 35.3 Å². The monoisotopic (exact) mass is 329 g/mol. The number of aromatic nitrogens is 3. The second-order valence-corrected chi connectivity index (χ2v) is 6.63. The number of piperidine rings is 1. The van der Waals surface area contributed by atoms with Crippen LogP contribution in [0.1, 0.15) is 32.6 Å². The number of thioether (sulfide) groups is 1. The van der Waals surface area contributed by atoms with E-state index in [-0.39, 0.29) is 5.28 Å². The fraction of sp³-hybridized carbons (Fsp3) is 0.786. The highest BCUT2D eigenvalue weighted by Crippen LogP contribution is 2.21. The second-order valence-electron chi connectivity index (χ2n) is 5.38. The molecule has 0 amide bonds. The molecule has 0 radical (unpaired) electrons. The predicted molar refractivity (Wildman–Crippen MR) is 91.8 cm³/mol. The maximum absolute atomic E-state index is 6.12. The zero-order valence-corrected chi connectivity index (χ0v) is 14.6. The summed E-state index contributed by atoms with van der Waals surface area (Å²) in [4.78, 5) is 17.6. The van der Waals surface area contributed by atoms with E-state index in [4.69, 9.17) is 11.6 Å². The molecule has 0 aromatic carbocycles. The van der Waals surface area contributed by atoms with Gasteiger partial charge in [-0.1, -0.05) is 6.92 Å². The predicted octanol–water partition coefficient (Wildman–Crippen LogP) is 3.09. The standard InChI is InChI=1S/C14H24ClN5S/c1-4-11(10-21-3)19(2)13-16-12(15)17-14(18-13)20-8-6-5-7-9-20/h11H,4-10H2,1-3H3. The van der Waals surface area contributed by atoms with Gasteiger partial charge in [-0.25, -0.2) is 0 Å². The fourth-order valence-electron chi connectivity index (χ4n) is 2.58. The van der Waals surface area contributed by atoms with E-state index in [1.807, 2.05) is 18.8 Å². The molecule has 5 nitrogen and oxygen atoms in total. The van der Waals surface area contributed by atoms with Crippen LogP contribution < -0.4 is 9.80 Å². The minimum absolute atomic E-state index is 0.284. The summed E-state index contributed by atoms with van der Waals surface area (Å²) in [5, 5.41) is 0.284. The van der Waals surface area contributed by atoms with Crippen molar-refractivity contribution in [3.8, 4) is 0 Å². The molecule has 0 N–H and O–H groups in total. The fourth-order valence-corrected chi connectivity index (χ4v) is 3.58. The van der Waals surface area contributed by atoms with E-state index in [0.717, 1.165) is 31.2 Å². The number of halogens is 1. The largest absolute Gasteiger partial charge is 0.341 e. The summed E-state index contributed by atoms with van der Waals surface area (Å²) < 4.78 is 0. The van der Waals surface area contributed by atoms with Gasteiger partial charge in [-0.3, -0.25) is 0 Å². The molecule has 1 unspecified atom stereocenters. The van der Waals surface area contributed by atoms with Gasteiger partial charge in [0.05, 0.1) is 0 Å². The Labute approximate surface area is 136 Å². The Morgan fingerprint density at radius 2 is 1.95 bits per heavy atom. The lowest BCUT2D eigenvalue weighted by molar-refractivity contribution is 0.566. The number of hydrogen-bond donors (Lipinski definition) is 0. The minimum Gasteiger partial charge on any atom is -0.341 e. The normalized spacial score (nSPS) is 16.9. The Balaban J connectivity index is 2.20. The highest BCUT2D eigenvalue weighted by atomic mass is 35.5. The van der Waals surface area contributed by atoms with Gasteiger partial charge in [0.15, 0.2) is 0 Å². The summed E-state index contributed by atoms with van der Waals surface area (Å²) in [6, 6.07) is 0.410. The lowest BCUT2D eigenvalue weighted by Gasteiger charge is -2.29. The molecular formula is C14H24ClN5S. The molecule has 2 heterocycles. The van der Waals surface area contributed by atoms with Crippen molar-refractivity contribution in [1.82, 2.24) is 15.0 Å². The molecule has 7 heteroatoms. The summed E-state index contributed by atoms with van der Waals surface area (Å²) in [6.45, 7) is 4.20. The molecule has 1 aliphatic rings. The van der Waals surface area contributed by atoms with E-state index in [2.05, 4.69) is 37.9 Å². The summed E-state index contributed by atoms with van der Waals surface area (Å²) in [5.41, 5.74) is 0. The van der Waals surface area contributed by atoms with Crippen LogP contribution in [0.5, 0.6) is 0 Å². The molecule has 1 aliphatic heterocycles. The molecule has 1 fully saturated rings. The molecule has 0 aliphatic carbocycles. The van der Waals surface area contributed by atoms with Crippen molar-refractivity contribution in [3.05, 3.63) is 5.28 Å². The average molecular weight is 330 g/mol. The molecule has 118 valence electrons. The van der Waals surface area contributed by atoms with Crippen molar-refractivity contribution in [2.45, 2.75) is 38.6 Å². The van der Waals surface area contributed by atoms with Crippen molar-refractivity contribution in [2.24, 2.45) is 0 Å². The first-order valence-corrected chi connectivity index (χ1v) is 9.31. The molecule has 1 aromatic rings. The van der Waals surface area contributed by atoms with Gasteiger partial charge in [0.25, 0.3) is 0 Å². The quantitative estimate of drug-likeness (QED) is 0.799. The van der Waals surface area contributed by atoms with Crippen molar-refractivity contribution in [1.29, 1.82) is 0 Å². The molecule has 0 spiro atoms. The van der Waals surface area contributed by atoms with Crippen LogP contribution >= 0.6 is 23.4 Å². The lowest BCUT2D eigenvalue weighted by atomic mass is 10.1. The molecule has 0 bridgehead atoms. The first-order chi connectivity index (χ1) is 10.2. The smallest absolute Gasteiger partial charge is 0.231 e. The Kier molecular flexibility index (Phi) is 6.36. The number of anilines is 2. The number of nitrogens with zero attached hydrogens (tertiary/aromatic N) is 5. The molecule has 1 aromatic heterocycles. The van der Waals surface area contributed by atoms with Gasteiger partial charge >= 0.3 is 0 Å². The Hall–Kier alpha value is -0.750. The molecule has 1 atom stereocenters. The third-order valence-electron chi connectivity index (χ3n) is 3.92. The van der Waals surface area contributed by atoms with Crippen LogP contribution in [-0.2, 0) is 0 Å². The number of rotatable bonds is 6. The van der Waals surface area contributed by atoms with Gasteiger partial charge < -0.3 is 9.80 Å². The highest BCUT2D eigenvalue weighted by molar-refractivity contribution is 7.98. The Morgan fingerprint density at radius 1 is 1.24 bits per heavy atom. The molecule has 0 saturated carbocycles. The summed E-state index contributed by atoms with van der Waals surface area (Å²) >= 11 is 7.96. The van der Waals surface area contributed by atoms with E-state index in [1.54, 1.807) is 0 Å². The van der Waals surface area contributed by atoms with Gasteiger partial charge in [-0.15, -0.1) is 0 Å². The number of hydrogen-bond acceptors (Lipinski definition) is 6. The van der Waals surface area contributed by atoms with E-state index in [1.165, 1.54) is 19.3 Å². The van der Waals surface area contributed by atoms with Gasteiger partial charge in [0.2, 0.25) is 17.2 Å². The van der Waals surface area contributed by atoms with Gasteiger partial charge in [-0.05, 0) is 43.5 Å². The van der Waals surface area contributed by atoms with Crippen LogP contribution in [0.15, 0.2) is 0 Å². The summed E-state index contributed by atoms with van der Waals surface area (Å²) in [6.07, 6.45) is 6.85. The first kappa shape index (κ1) is 16.6. The second kappa shape index (κ2) is 8.03. The SMILES string of the molecule is CCC(CSC)N(C)c1nc(Cl)nc(N2CCCCC2)n1. The van der Waals surface area contributed by atoms with Gasteiger partial charge in [-0.2, -0.15) is 26.7 Å². The lowest BCUT2D eigenvalue weighted by Crippen LogP contribution is -2.36. The first-order valence-electron chi connectivity index (χ1n) is 7.54. The third-order valence-corrected chi connectivity index (χ3v) is 4.80. The van der Waals surface area contributed by atoms with Crippen LogP contribution in [0.3, 0.4) is 0 Å². The van der Waals surface area contributed by atoms with E-state index >= 15 is 0 Å². The molecule has 2 rings (SSSR count). The Morgan fingerprint density at radius 3 is 2.57 bits per heavy atom. The van der Waals surface area contributed by atoms with Gasteiger partial charge in [0.1, 0.15) is 0 Å². The van der Waals surface area contributed by atoms with Crippen LogP contribution in [0.2, 0.25) is 5.28 Å². The topological polar surface area (TPSA) is 45.2 Å². The minimum atomic E-state index is 0.284. The maximum atomic E-state index is 6.12. The van der Waals surface area contributed by atoms with Crippen molar-refractivity contribution < 1.29 is 0 Å². The maximum Gasteiger partial charge on any atom is 0.231 e. The Bertz CT molecular complexity index is 453. The summed E-state index contributed by atoms with van der Waals surface area (Å²) in [7, 11) is 2.04.